The molecule has 1 aromatic carbocycles. The Morgan fingerprint density at radius 2 is 1.72 bits per heavy atom. The summed E-state index contributed by atoms with van der Waals surface area (Å²) in [5, 5.41) is 16.4. The van der Waals surface area contributed by atoms with E-state index in [2.05, 4.69) is 20.4 Å². The number of likely N-dealkylation sites (tertiary alicyclic amines) is 1. The monoisotopic (exact) mass is 614 g/mol. The summed E-state index contributed by atoms with van der Waals surface area (Å²) in [4.78, 5) is 58.1. The number of carbonyl (C=O) groups excluding carboxylic acids is 4. The number of rotatable bonds is 13. The van der Waals surface area contributed by atoms with Crippen LogP contribution in [0.15, 0.2) is 29.8 Å². The van der Waals surface area contributed by atoms with Crippen molar-refractivity contribution in [3.05, 3.63) is 41.0 Å². The standard InChI is InChI=1S/C32H46N4O6S/c1-20(22-13-15-23(16-14-22)28-21(2)33-19-43-28)34-30(40)25-17-24(37)18-36(25)31(41)29(32(3,4)5)35-26(38)11-9-7-8-10-12-27(39)42-6/h13-16,19-20,24-25,29,37H,7-12,17-18H2,1-6H3,(H,34,40)(H,35,38). The zero-order valence-electron chi connectivity index (χ0n) is 26.1. The maximum atomic E-state index is 13.8. The van der Waals surface area contributed by atoms with Crippen LogP contribution < -0.4 is 10.6 Å². The minimum atomic E-state index is -0.861. The number of methoxy groups -OCH3 is 1. The molecular formula is C32H46N4O6S. The number of nitrogens with one attached hydrogen (secondary N) is 2. The number of amides is 3. The van der Waals surface area contributed by atoms with Gasteiger partial charge in [0.2, 0.25) is 17.7 Å². The predicted molar refractivity (Wildman–Crippen MR) is 166 cm³/mol. The number of aliphatic hydroxyl groups excluding tert-OH is 1. The van der Waals surface area contributed by atoms with E-state index in [0.29, 0.717) is 19.3 Å². The molecule has 0 spiro atoms. The largest absolute Gasteiger partial charge is 0.469 e. The van der Waals surface area contributed by atoms with Crippen molar-refractivity contribution >= 4 is 35.0 Å². The zero-order valence-corrected chi connectivity index (χ0v) is 27.0. The van der Waals surface area contributed by atoms with E-state index in [0.717, 1.165) is 34.5 Å². The van der Waals surface area contributed by atoms with Crippen molar-refractivity contribution in [1.82, 2.24) is 20.5 Å². The average molecular weight is 615 g/mol. The molecule has 0 radical (unpaired) electrons. The van der Waals surface area contributed by atoms with Gasteiger partial charge >= 0.3 is 5.97 Å². The smallest absolute Gasteiger partial charge is 0.305 e. The van der Waals surface area contributed by atoms with E-state index in [4.69, 9.17) is 0 Å². The third-order valence-electron chi connectivity index (χ3n) is 7.82. The third kappa shape index (κ3) is 9.59. The number of aliphatic hydroxyl groups is 1. The second kappa shape index (κ2) is 15.4. The minimum Gasteiger partial charge on any atom is -0.469 e. The first kappa shape index (κ1) is 34.2. The van der Waals surface area contributed by atoms with Crippen molar-refractivity contribution in [2.45, 2.75) is 104 Å². The number of aromatic nitrogens is 1. The lowest BCUT2D eigenvalue weighted by Gasteiger charge is -2.35. The van der Waals surface area contributed by atoms with E-state index in [1.165, 1.54) is 12.0 Å². The Kier molecular flexibility index (Phi) is 12.3. The van der Waals surface area contributed by atoms with Gasteiger partial charge in [0.25, 0.3) is 0 Å². The summed E-state index contributed by atoms with van der Waals surface area (Å²) in [7, 11) is 1.36. The lowest BCUT2D eigenvalue weighted by molar-refractivity contribution is -0.144. The van der Waals surface area contributed by atoms with Crippen molar-refractivity contribution in [3.63, 3.8) is 0 Å². The number of nitrogens with zero attached hydrogens (tertiary/aromatic N) is 2. The number of aryl methyl sites for hydroxylation is 1. The summed E-state index contributed by atoms with van der Waals surface area (Å²) < 4.78 is 4.64. The van der Waals surface area contributed by atoms with Gasteiger partial charge in [0.15, 0.2) is 0 Å². The van der Waals surface area contributed by atoms with Crippen LogP contribution in [-0.4, -0.2) is 70.5 Å². The Balaban J connectivity index is 1.60. The number of hydrogen-bond donors (Lipinski definition) is 3. The van der Waals surface area contributed by atoms with E-state index in [1.54, 1.807) is 11.3 Å². The van der Waals surface area contributed by atoms with Crippen molar-refractivity contribution in [2.24, 2.45) is 5.41 Å². The number of thiazole rings is 1. The molecule has 3 amide bonds. The number of β-amino-alcohol motifs (C(OH)–C–C–N with tert-alkyl or cyclic N) is 1. The lowest BCUT2D eigenvalue weighted by atomic mass is 9.85. The fraction of sp³-hybridized carbons (Fsp3) is 0.594. The topological polar surface area (TPSA) is 138 Å². The fourth-order valence-corrected chi connectivity index (χ4v) is 6.07. The van der Waals surface area contributed by atoms with Gasteiger partial charge in [-0.15, -0.1) is 11.3 Å². The highest BCUT2D eigenvalue weighted by atomic mass is 32.1. The number of unbranched alkanes of at least 4 members (excludes halogenated alkanes) is 3. The minimum absolute atomic E-state index is 0.0246. The molecule has 2 aromatic rings. The molecule has 0 bridgehead atoms. The molecule has 10 nitrogen and oxygen atoms in total. The van der Waals surface area contributed by atoms with E-state index in [1.807, 2.05) is 64.4 Å². The van der Waals surface area contributed by atoms with Gasteiger partial charge in [0.1, 0.15) is 12.1 Å². The second-order valence-corrected chi connectivity index (χ2v) is 13.2. The first-order chi connectivity index (χ1) is 20.3. The van der Waals surface area contributed by atoms with E-state index >= 15 is 0 Å². The van der Waals surface area contributed by atoms with Gasteiger partial charge in [-0.2, -0.15) is 0 Å². The van der Waals surface area contributed by atoms with Crippen LogP contribution in [0, 0.1) is 12.3 Å². The molecule has 1 fully saturated rings. The Bertz CT molecular complexity index is 1260. The highest BCUT2D eigenvalue weighted by Crippen LogP contribution is 2.29. The molecule has 1 aromatic heterocycles. The lowest BCUT2D eigenvalue weighted by Crippen LogP contribution is -2.57. The average Bonchev–Trinajstić information content (AvgIpc) is 3.57. The summed E-state index contributed by atoms with van der Waals surface area (Å²) in [6.07, 6.45) is 2.83. The van der Waals surface area contributed by atoms with Gasteiger partial charge < -0.3 is 25.4 Å². The summed E-state index contributed by atoms with van der Waals surface area (Å²) in [5.74, 6) is -1.21. The molecule has 11 heteroatoms. The molecular weight excluding hydrogens is 568 g/mol. The Labute approximate surface area is 258 Å². The summed E-state index contributed by atoms with van der Waals surface area (Å²) in [6, 6.07) is 5.93. The first-order valence-electron chi connectivity index (χ1n) is 15.0. The summed E-state index contributed by atoms with van der Waals surface area (Å²) in [5.41, 5.74) is 4.15. The molecule has 4 atom stereocenters. The molecule has 0 aliphatic carbocycles. The van der Waals surface area contributed by atoms with Crippen molar-refractivity contribution in [2.75, 3.05) is 13.7 Å². The number of esters is 1. The van der Waals surface area contributed by atoms with Crippen LogP contribution in [0.2, 0.25) is 0 Å². The molecule has 1 aliphatic rings. The third-order valence-corrected chi connectivity index (χ3v) is 8.80. The van der Waals surface area contributed by atoms with Crippen LogP contribution in [0.3, 0.4) is 0 Å². The van der Waals surface area contributed by atoms with Crippen LogP contribution in [0.4, 0.5) is 0 Å². The molecule has 1 saturated heterocycles. The van der Waals surface area contributed by atoms with Crippen LogP contribution in [0.25, 0.3) is 10.4 Å². The van der Waals surface area contributed by atoms with Crippen molar-refractivity contribution in [3.8, 4) is 10.4 Å². The van der Waals surface area contributed by atoms with Crippen molar-refractivity contribution in [1.29, 1.82) is 0 Å². The number of hydrogen-bond acceptors (Lipinski definition) is 8. The van der Waals surface area contributed by atoms with Gasteiger partial charge in [-0.05, 0) is 43.2 Å². The highest BCUT2D eigenvalue weighted by Gasteiger charge is 2.44. The normalized spacial score (nSPS) is 18.2. The van der Waals surface area contributed by atoms with E-state index < -0.39 is 23.6 Å². The Morgan fingerprint density at radius 3 is 2.30 bits per heavy atom. The maximum absolute atomic E-state index is 13.8. The quantitative estimate of drug-likeness (QED) is 0.226. The second-order valence-electron chi connectivity index (χ2n) is 12.4. The highest BCUT2D eigenvalue weighted by molar-refractivity contribution is 7.13. The fourth-order valence-electron chi connectivity index (χ4n) is 5.26. The number of ether oxygens (including phenoxy) is 1. The molecule has 4 unspecified atom stereocenters. The van der Waals surface area contributed by atoms with Crippen LogP contribution in [0.1, 0.15) is 89.9 Å². The van der Waals surface area contributed by atoms with Crippen LogP contribution >= 0.6 is 11.3 Å². The Morgan fingerprint density at radius 1 is 1.07 bits per heavy atom. The molecule has 3 rings (SSSR count). The summed E-state index contributed by atoms with van der Waals surface area (Å²) in [6.45, 7) is 9.48. The van der Waals surface area contributed by atoms with Gasteiger partial charge in [-0.3, -0.25) is 19.2 Å². The molecule has 236 valence electrons. The number of carbonyl (C=O) groups is 4. The maximum Gasteiger partial charge on any atom is 0.305 e. The van der Waals surface area contributed by atoms with Crippen LogP contribution in [-0.2, 0) is 23.9 Å². The van der Waals surface area contributed by atoms with E-state index in [9.17, 15) is 24.3 Å². The van der Waals surface area contributed by atoms with Crippen LogP contribution in [0.5, 0.6) is 0 Å². The Hall–Kier alpha value is -3.31. The summed E-state index contributed by atoms with van der Waals surface area (Å²) >= 11 is 1.58. The van der Waals surface area contributed by atoms with Gasteiger partial charge in [0.05, 0.1) is 35.3 Å². The van der Waals surface area contributed by atoms with Gasteiger partial charge in [-0.25, -0.2) is 4.98 Å². The SMILES string of the molecule is COC(=O)CCCCCCC(=O)NC(C(=O)N1CC(O)CC1C(=O)NC(C)c1ccc(-c2scnc2C)cc1)C(C)(C)C. The molecule has 3 N–H and O–H groups in total. The van der Waals surface area contributed by atoms with Gasteiger partial charge in [-0.1, -0.05) is 57.9 Å². The van der Waals surface area contributed by atoms with Gasteiger partial charge in [0, 0.05) is 25.8 Å². The molecule has 43 heavy (non-hydrogen) atoms. The van der Waals surface area contributed by atoms with Crippen molar-refractivity contribution < 1.29 is 29.0 Å². The molecule has 1 aliphatic heterocycles. The zero-order chi connectivity index (χ0) is 31.7. The predicted octanol–water partition coefficient (Wildman–Crippen LogP) is 4.30. The van der Waals surface area contributed by atoms with E-state index in [-0.39, 0.29) is 49.1 Å². The molecule has 2 heterocycles. The first-order valence-corrected chi connectivity index (χ1v) is 15.8. The molecule has 0 saturated carbocycles. The number of benzene rings is 1.